The van der Waals surface area contributed by atoms with Crippen LogP contribution in [0, 0.1) is 5.41 Å². The number of halogens is 1. The molecule has 114 valence electrons. The van der Waals surface area contributed by atoms with Crippen molar-refractivity contribution in [1.29, 1.82) is 0 Å². The molecule has 0 aliphatic carbocycles. The van der Waals surface area contributed by atoms with Crippen molar-refractivity contribution >= 4 is 17.3 Å². The number of anilines is 1. The fourth-order valence-corrected chi connectivity index (χ4v) is 2.50. The first-order chi connectivity index (χ1) is 10.1. The van der Waals surface area contributed by atoms with Crippen LogP contribution in [0.15, 0.2) is 36.7 Å². The zero-order chi connectivity index (χ0) is 15.3. The van der Waals surface area contributed by atoms with Crippen LogP contribution in [-0.4, -0.2) is 28.0 Å². The van der Waals surface area contributed by atoms with Gasteiger partial charge in [0.05, 0.1) is 18.0 Å². The molecule has 0 radical (unpaired) electrons. The lowest BCUT2D eigenvalue weighted by Gasteiger charge is -2.30. The summed E-state index contributed by atoms with van der Waals surface area (Å²) in [6, 6.07) is 7.57. The van der Waals surface area contributed by atoms with Gasteiger partial charge < -0.3 is 10.4 Å². The van der Waals surface area contributed by atoms with E-state index >= 15 is 0 Å². The average molecular weight is 308 g/mol. The van der Waals surface area contributed by atoms with Crippen LogP contribution in [0.5, 0.6) is 0 Å². The number of aliphatic hydroxyl groups excluding tert-OH is 1. The highest BCUT2D eigenvalue weighted by atomic mass is 35.5. The van der Waals surface area contributed by atoms with Gasteiger partial charge in [0.2, 0.25) is 0 Å². The van der Waals surface area contributed by atoms with Crippen molar-refractivity contribution in [3.05, 3.63) is 41.7 Å². The first-order valence-electron chi connectivity index (χ1n) is 7.28. The number of nitrogens with zero attached hydrogens (tertiary/aromatic N) is 2. The molecule has 1 aromatic carbocycles. The summed E-state index contributed by atoms with van der Waals surface area (Å²) in [6.07, 6.45) is 5.48. The molecule has 0 spiro atoms. The Morgan fingerprint density at radius 3 is 2.67 bits per heavy atom. The monoisotopic (exact) mass is 307 g/mol. The van der Waals surface area contributed by atoms with Crippen LogP contribution >= 0.6 is 11.6 Å². The third-order valence-electron chi connectivity index (χ3n) is 4.20. The van der Waals surface area contributed by atoms with Crippen LogP contribution in [0.2, 0.25) is 5.02 Å². The highest BCUT2D eigenvalue weighted by Crippen LogP contribution is 2.29. The number of benzene rings is 1. The van der Waals surface area contributed by atoms with E-state index in [1.165, 1.54) is 0 Å². The van der Waals surface area contributed by atoms with E-state index in [1.54, 1.807) is 10.9 Å². The Morgan fingerprint density at radius 2 is 2.10 bits per heavy atom. The minimum atomic E-state index is -0.107. The molecule has 1 heterocycles. The molecule has 0 unspecified atom stereocenters. The summed E-state index contributed by atoms with van der Waals surface area (Å²) in [5, 5.41) is 18.1. The molecular weight excluding hydrogens is 286 g/mol. The molecule has 2 N–H and O–H groups in total. The molecule has 0 saturated carbocycles. The van der Waals surface area contributed by atoms with Crippen LogP contribution in [0.3, 0.4) is 0 Å². The molecule has 1 aromatic heterocycles. The number of hydrogen-bond donors (Lipinski definition) is 2. The van der Waals surface area contributed by atoms with Crippen LogP contribution in [0.25, 0.3) is 5.69 Å². The lowest BCUT2D eigenvalue weighted by Crippen LogP contribution is -2.32. The Bertz CT molecular complexity index is 557. The van der Waals surface area contributed by atoms with Gasteiger partial charge >= 0.3 is 0 Å². The quantitative estimate of drug-likeness (QED) is 0.819. The molecular formula is C16H22ClN3O. The summed E-state index contributed by atoms with van der Waals surface area (Å²) in [5.74, 6) is 0. The predicted octanol–water partition coefficient (Wildman–Crippen LogP) is 3.74. The summed E-state index contributed by atoms with van der Waals surface area (Å²) >= 11 is 6.11. The predicted molar refractivity (Wildman–Crippen MR) is 87.2 cm³/mol. The van der Waals surface area contributed by atoms with Gasteiger partial charge in [-0.25, -0.2) is 4.68 Å². The SMILES string of the molecule is CCC(CC)(CO)CNc1cc(Cl)ccc1-n1cccn1. The first kappa shape index (κ1) is 15.9. The maximum Gasteiger partial charge on any atom is 0.0877 e. The first-order valence-corrected chi connectivity index (χ1v) is 7.66. The Morgan fingerprint density at radius 1 is 1.33 bits per heavy atom. The van der Waals surface area contributed by atoms with E-state index in [-0.39, 0.29) is 12.0 Å². The largest absolute Gasteiger partial charge is 0.396 e. The van der Waals surface area contributed by atoms with Crippen molar-refractivity contribution in [1.82, 2.24) is 9.78 Å². The fraction of sp³-hybridized carbons (Fsp3) is 0.438. The molecule has 5 heteroatoms. The topological polar surface area (TPSA) is 50.1 Å². The number of nitrogens with one attached hydrogen (secondary N) is 1. The van der Waals surface area contributed by atoms with E-state index in [0.29, 0.717) is 11.6 Å². The zero-order valence-electron chi connectivity index (χ0n) is 12.5. The summed E-state index contributed by atoms with van der Waals surface area (Å²) in [7, 11) is 0. The van der Waals surface area contributed by atoms with Crippen molar-refractivity contribution in [2.24, 2.45) is 5.41 Å². The van der Waals surface area contributed by atoms with Gasteiger partial charge in [-0.1, -0.05) is 25.4 Å². The van der Waals surface area contributed by atoms with Gasteiger partial charge in [-0.05, 0) is 37.1 Å². The van der Waals surface area contributed by atoms with Gasteiger partial charge in [0, 0.05) is 29.4 Å². The van der Waals surface area contributed by atoms with Crippen LogP contribution in [0.4, 0.5) is 5.69 Å². The molecule has 21 heavy (non-hydrogen) atoms. The highest BCUT2D eigenvalue weighted by molar-refractivity contribution is 6.31. The maximum absolute atomic E-state index is 9.68. The van der Waals surface area contributed by atoms with Crippen molar-refractivity contribution in [2.45, 2.75) is 26.7 Å². The molecule has 0 atom stereocenters. The molecule has 0 aliphatic rings. The Kier molecular flexibility index (Phi) is 5.26. The van der Waals surface area contributed by atoms with Crippen molar-refractivity contribution in [2.75, 3.05) is 18.5 Å². The van der Waals surface area contributed by atoms with Crippen molar-refractivity contribution in [3.8, 4) is 5.69 Å². The third kappa shape index (κ3) is 3.57. The van der Waals surface area contributed by atoms with Crippen LogP contribution < -0.4 is 5.32 Å². The second kappa shape index (κ2) is 6.96. The number of hydrogen-bond acceptors (Lipinski definition) is 3. The molecule has 4 nitrogen and oxygen atoms in total. The van der Waals surface area contributed by atoms with Gasteiger partial charge in [-0.15, -0.1) is 0 Å². The lowest BCUT2D eigenvalue weighted by atomic mass is 9.83. The summed E-state index contributed by atoms with van der Waals surface area (Å²) in [4.78, 5) is 0. The van der Waals surface area contributed by atoms with E-state index < -0.39 is 0 Å². The van der Waals surface area contributed by atoms with Gasteiger partial charge in [0.15, 0.2) is 0 Å². The van der Waals surface area contributed by atoms with Crippen molar-refractivity contribution in [3.63, 3.8) is 0 Å². The smallest absolute Gasteiger partial charge is 0.0877 e. The van der Waals surface area contributed by atoms with E-state index in [0.717, 1.165) is 24.2 Å². The standard InChI is InChI=1S/C16H22ClN3O/c1-3-16(4-2,12-21)11-18-14-10-13(17)6-7-15(14)20-9-5-8-19-20/h5-10,18,21H,3-4,11-12H2,1-2H3. The van der Waals surface area contributed by atoms with Gasteiger partial charge in [-0.3, -0.25) is 0 Å². The van der Waals surface area contributed by atoms with E-state index in [9.17, 15) is 5.11 Å². The minimum Gasteiger partial charge on any atom is -0.396 e. The molecule has 0 saturated heterocycles. The summed E-state index contributed by atoms with van der Waals surface area (Å²) in [5.41, 5.74) is 1.76. The highest BCUT2D eigenvalue weighted by Gasteiger charge is 2.25. The molecule has 0 fully saturated rings. The summed E-state index contributed by atoms with van der Waals surface area (Å²) < 4.78 is 1.80. The van der Waals surface area contributed by atoms with Gasteiger partial charge in [0.25, 0.3) is 0 Å². The van der Waals surface area contributed by atoms with Gasteiger partial charge in [0.1, 0.15) is 0 Å². The molecule has 2 aromatic rings. The second-order valence-electron chi connectivity index (χ2n) is 5.33. The number of rotatable bonds is 7. The second-order valence-corrected chi connectivity index (χ2v) is 5.77. The van der Waals surface area contributed by atoms with E-state index in [4.69, 9.17) is 11.6 Å². The molecule has 2 rings (SSSR count). The normalized spacial score (nSPS) is 11.6. The zero-order valence-corrected chi connectivity index (χ0v) is 13.3. The lowest BCUT2D eigenvalue weighted by molar-refractivity contribution is 0.127. The van der Waals surface area contributed by atoms with E-state index in [2.05, 4.69) is 24.3 Å². The van der Waals surface area contributed by atoms with Crippen LogP contribution in [-0.2, 0) is 0 Å². The number of aromatic nitrogens is 2. The van der Waals surface area contributed by atoms with Gasteiger partial charge in [-0.2, -0.15) is 5.10 Å². The molecule has 0 bridgehead atoms. The average Bonchev–Trinajstić information content (AvgIpc) is 3.03. The maximum atomic E-state index is 9.68. The minimum absolute atomic E-state index is 0.107. The number of aliphatic hydroxyl groups is 1. The molecule has 0 amide bonds. The Balaban J connectivity index is 2.25. The van der Waals surface area contributed by atoms with Crippen molar-refractivity contribution < 1.29 is 5.11 Å². The Hall–Kier alpha value is -1.52. The molecule has 0 aliphatic heterocycles. The Labute approximate surface area is 130 Å². The van der Waals surface area contributed by atoms with Crippen LogP contribution in [0.1, 0.15) is 26.7 Å². The summed E-state index contributed by atoms with van der Waals surface area (Å²) in [6.45, 7) is 5.08. The third-order valence-corrected chi connectivity index (χ3v) is 4.43. The van der Waals surface area contributed by atoms with E-state index in [1.807, 2.05) is 30.5 Å². The fourth-order valence-electron chi connectivity index (χ4n) is 2.32.